The fourth-order valence-corrected chi connectivity index (χ4v) is 10.7. The summed E-state index contributed by atoms with van der Waals surface area (Å²) in [5.41, 5.74) is 4.32. The van der Waals surface area contributed by atoms with Gasteiger partial charge < -0.3 is 23.7 Å². The largest absolute Gasteiger partial charge is 0.467 e. The van der Waals surface area contributed by atoms with Gasteiger partial charge in [0.25, 0.3) is 0 Å². The maximum Gasteiger partial charge on any atom is 0.430 e. The summed E-state index contributed by atoms with van der Waals surface area (Å²) in [5, 5.41) is 11.9. The monoisotopic (exact) mass is 588 g/mol. The molecule has 2 N–H and O–H groups in total. The number of carbonyl (C=O) groups excluding carboxylic acids is 3. The second kappa shape index (κ2) is 16.1. The third-order valence-corrected chi connectivity index (χ3v) is 13.2. The first-order valence-corrected chi connectivity index (χ1v) is 15.9. The van der Waals surface area contributed by atoms with E-state index >= 15 is 0 Å². The first-order valence-electron chi connectivity index (χ1n) is 13.8. The lowest BCUT2D eigenvalue weighted by molar-refractivity contribution is -0.153. The van der Waals surface area contributed by atoms with E-state index in [9.17, 15) is 19.5 Å². The molecule has 2 aromatic rings. The van der Waals surface area contributed by atoms with Crippen molar-refractivity contribution in [2.45, 2.75) is 83.5 Å². The smallest absolute Gasteiger partial charge is 0.430 e. The molecule has 0 saturated heterocycles. The van der Waals surface area contributed by atoms with Crippen LogP contribution in [-0.4, -0.2) is 62.5 Å². The number of esters is 1. The van der Waals surface area contributed by atoms with E-state index in [1.165, 1.54) is 0 Å². The topological polar surface area (TPSA) is 124 Å². The predicted octanol–water partition coefficient (Wildman–Crippen LogP) is 5.56. The van der Waals surface area contributed by atoms with Gasteiger partial charge in [0, 0.05) is 0 Å². The molecule has 2 atom stereocenters. The lowest BCUT2D eigenvalue weighted by atomic mass is 10.1. The van der Waals surface area contributed by atoms with Crippen LogP contribution in [0.15, 0.2) is 60.7 Å². The van der Waals surface area contributed by atoms with Gasteiger partial charge >= 0.3 is 18.2 Å². The van der Waals surface area contributed by atoms with Crippen molar-refractivity contribution in [2.75, 3.05) is 13.7 Å². The van der Waals surface area contributed by atoms with Crippen molar-refractivity contribution in [2.24, 2.45) is 0 Å². The number of benzene rings is 2. The highest BCUT2D eigenvalue weighted by Gasteiger charge is 2.47. The second-order valence-corrected chi connectivity index (χ2v) is 16.2. The summed E-state index contributed by atoms with van der Waals surface area (Å²) in [5.74, 6) is -0.966. The van der Waals surface area contributed by atoms with Crippen molar-refractivity contribution in [1.29, 1.82) is 0 Å². The summed E-state index contributed by atoms with van der Waals surface area (Å²) in [6.45, 7) is 12.1. The summed E-state index contributed by atoms with van der Waals surface area (Å²) < 4.78 is 22.1. The zero-order valence-electron chi connectivity index (χ0n) is 25.0. The molecular weight excluding hydrogens is 544 g/mol. The van der Waals surface area contributed by atoms with Gasteiger partial charge in [-0.2, -0.15) is 5.01 Å². The number of hydrogen-bond donors (Lipinski definition) is 2. The van der Waals surface area contributed by atoms with Gasteiger partial charge in [-0.05, 0) is 27.8 Å². The van der Waals surface area contributed by atoms with Crippen molar-refractivity contribution in [3.05, 3.63) is 71.8 Å². The molecular formula is C30H44N2O8Si. The first-order chi connectivity index (χ1) is 19.4. The van der Waals surface area contributed by atoms with E-state index < -0.39 is 38.6 Å². The van der Waals surface area contributed by atoms with E-state index in [0.29, 0.717) is 10.6 Å². The molecule has 2 amide bonds. The molecule has 0 aliphatic heterocycles. The molecule has 41 heavy (non-hydrogen) atoms. The van der Waals surface area contributed by atoms with Gasteiger partial charge in [0.15, 0.2) is 14.4 Å². The zero-order chi connectivity index (χ0) is 30.6. The molecule has 0 saturated carbocycles. The Labute approximate surface area is 244 Å². The van der Waals surface area contributed by atoms with Gasteiger partial charge in [-0.1, -0.05) is 102 Å². The average molecular weight is 589 g/mol. The Hall–Kier alpha value is -3.41. The standard InChI is InChI=1S/C30H44N2O8Si/c1-21(2)41(22(3)4,23(5)6)40-20-26(33)27(28(34)37-7)32(30(36)39-19-25-16-12-9-13-17-25)31-29(35)38-18-24-14-10-8-11-15-24/h8-17,21-23,26-27,33H,18-20H2,1-7H3,(H,31,35)/t26-,27-/m1/s1. The van der Waals surface area contributed by atoms with E-state index in [0.717, 1.165) is 12.7 Å². The summed E-state index contributed by atoms with van der Waals surface area (Å²) in [6.07, 6.45) is -3.66. The lowest BCUT2D eigenvalue weighted by Gasteiger charge is -2.43. The zero-order valence-corrected chi connectivity index (χ0v) is 26.0. The Balaban J connectivity index is 2.32. The van der Waals surface area contributed by atoms with Gasteiger partial charge in [0.05, 0.1) is 13.7 Å². The van der Waals surface area contributed by atoms with E-state index in [1.807, 2.05) is 12.1 Å². The average Bonchev–Trinajstić information content (AvgIpc) is 2.95. The highest BCUT2D eigenvalue weighted by atomic mass is 28.4. The number of aliphatic hydroxyl groups is 1. The Morgan fingerprint density at radius 2 is 1.27 bits per heavy atom. The van der Waals surface area contributed by atoms with Crippen molar-refractivity contribution >= 4 is 26.5 Å². The van der Waals surface area contributed by atoms with Crippen LogP contribution in [0, 0.1) is 0 Å². The number of rotatable bonds is 13. The fraction of sp³-hybridized carbons (Fsp3) is 0.500. The summed E-state index contributed by atoms with van der Waals surface area (Å²) in [7, 11) is -1.32. The molecule has 2 aromatic carbocycles. The summed E-state index contributed by atoms with van der Waals surface area (Å²) in [6, 6.07) is 16.2. The number of aliphatic hydroxyl groups excluding tert-OH is 1. The molecule has 0 aromatic heterocycles. The molecule has 0 radical (unpaired) electrons. The predicted molar refractivity (Wildman–Crippen MR) is 157 cm³/mol. The number of hydrogen-bond acceptors (Lipinski definition) is 8. The maximum absolute atomic E-state index is 13.3. The van der Waals surface area contributed by atoms with Crippen molar-refractivity contribution in [3.8, 4) is 0 Å². The van der Waals surface area contributed by atoms with Crippen LogP contribution in [0.25, 0.3) is 0 Å². The number of nitrogens with one attached hydrogen (secondary N) is 1. The van der Waals surface area contributed by atoms with Crippen LogP contribution in [0.3, 0.4) is 0 Å². The minimum Gasteiger partial charge on any atom is -0.467 e. The lowest BCUT2D eigenvalue weighted by Crippen LogP contribution is -2.61. The van der Waals surface area contributed by atoms with Gasteiger partial charge in [0.1, 0.15) is 19.3 Å². The fourth-order valence-electron chi connectivity index (χ4n) is 5.25. The minimum atomic E-state index is -2.44. The van der Waals surface area contributed by atoms with Crippen LogP contribution in [0.2, 0.25) is 16.6 Å². The van der Waals surface area contributed by atoms with Crippen LogP contribution in [0.5, 0.6) is 0 Å². The molecule has 0 heterocycles. The Kier molecular flexibility index (Phi) is 13.3. The molecule has 0 fully saturated rings. The minimum absolute atomic E-state index is 0.0839. The van der Waals surface area contributed by atoms with E-state index in [1.54, 1.807) is 48.5 Å². The van der Waals surface area contributed by atoms with Gasteiger partial charge in [-0.15, -0.1) is 0 Å². The molecule has 226 valence electrons. The number of ether oxygens (including phenoxy) is 3. The summed E-state index contributed by atoms with van der Waals surface area (Å²) in [4.78, 5) is 39.1. The molecule has 0 bridgehead atoms. The van der Waals surface area contributed by atoms with Crippen molar-refractivity contribution < 1.29 is 38.1 Å². The second-order valence-electron chi connectivity index (χ2n) is 10.7. The molecule has 0 spiro atoms. The van der Waals surface area contributed by atoms with Crippen LogP contribution < -0.4 is 5.43 Å². The van der Waals surface area contributed by atoms with Crippen LogP contribution in [-0.2, 0) is 36.6 Å². The van der Waals surface area contributed by atoms with Crippen molar-refractivity contribution in [1.82, 2.24) is 10.4 Å². The van der Waals surface area contributed by atoms with Crippen LogP contribution >= 0.6 is 0 Å². The Bertz CT molecular complexity index is 1080. The van der Waals surface area contributed by atoms with E-state index in [2.05, 4.69) is 47.0 Å². The van der Waals surface area contributed by atoms with Gasteiger partial charge in [-0.25, -0.2) is 19.8 Å². The SMILES string of the molecule is COC(=O)[C@@H]([C@H](O)CO[Si](C(C)C)(C(C)C)C(C)C)N(NC(=O)OCc1ccccc1)C(=O)OCc1ccccc1. The molecule has 10 nitrogen and oxygen atoms in total. The van der Waals surface area contributed by atoms with Crippen LogP contribution in [0.4, 0.5) is 9.59 Å². The van der Waals surface area contributed by atoms with Crippen LogP contribution in [0.1, 0.15) is 52.7 Å². The molecule has 2 rings (SSSR count). The van der Waals surface area contributed by atoms with Crippen molar-refractivity contribution in [3.63, 3.8) is 0 Å². The molecule has 11 heteroatoms. The Morgan fingerprint density at radius 1 is 0.805 bits per heavy atom. The molecule has 0 aliphatic rings. The van der Waals surface area contributed by atoms with E-state index in [4.69, 9.17) is 18.6 Å². The molecule has 0 unspecified atom stereocenters. The third-order valence-electron chi connectivity index (χ3n) is 7.12. The number of hydrazine groups is 1. The number of carbonyl (C=O) groups is 3. The maximum atomic E-state index is 13.3. The number of amides is 2. The summed E-state index contributed by atoms with van der Waals surface area (Å²) >= 11 is 0. The highest BCUT2D eigenvalue weighted by Crippen LogP contribution is 2.42. The molecule has 0 aliphatic carbocycles. The highest BCUT2D eigenvalue weighted by molar-refractivity contribution is 6.77. The third kappa shape index (κ3) is 9.30. The quantitative estimate of drug-likeness (QED) is 0.135. The van der Waals surface area contributed by atoms with Gasteiger partial charge in [0.2, 0.25) is 0 Å². The van der Waals surface area contributed by atoms with E-state index in [-0.39, 0.29) is 36.4 Å². The Morgan fingerprint density at radius 3 is 1.71 bits per heavy atom. The number of methoxy groups -OCH3 is 1. The normalized spacial score (nSPS) is 13.0. The van der Waals surface area contributed by atoms with Gasteiger partial charge in [-0.3, -0.25) is 0 Å². The number of nitrogens with zero attached hydrogens (tertiary/aromatic N) is 1. The first kappa shape index (κ1) is 33.8.